The minimum absolute atomic E-state index is 0.0975. The number of hydrogen-bond donors (Lipinski definition) is 1. The van der Waals surface area contributed by atoms with Crippen LogP contribution in [0.1, 0.15) is 5.56 Å². The first-order valence-electron chi connectivity index (χ1n) is 6.54. The van der Waals surface area contributed by atoms with Gasteiger partial charge in [0.2, 0.25) is 10.0 Å². The zero-order valence-electron chi connectivity index (χ0n) is 11.4. The number of halogens is 1. The van der Waals surface area contributed by atoms with Crippen molar-refractivity contribution < 1.29 is 13.5 Å². The van der Waals surface area contributed by atoms with Crippen molar-refractivity contribution in [2.75, 3.05) is 39.3 Å². The predicted molar refractivity (Wildman–Crippen MR) is 78.5 cm³/mol. The molecule has 5 nitrogen and oxygen atoms in total. The Morgan fingerprint density at radius 3 is 2.45 bits per heavy atom. The second kappa shape index (κ2) is 6.41. The van der Waals surface area contributed by atoms with Crippen molar-refractivity contribution in [2.45, 2.75) is 11.8 Å². The highest BCUT2D eigenvalue weighted by Crippen LogP contribution is 2.23. The van der Waals surface area contributed by atoms with Crippen LogP contribution < -0.4 is 0 Å². The van der Waals surface area contributed by atoms with Crippen LogP contribution in [0.15, 0.2) is 23.1 Å². The van der Waals surface area contributed by atoms with E-state index in [2.05, 4.69) is 0 Å². The highest BCUT2D eigenvalue weighted by molar-refractivity contribution is 7.89. The van der Waals surface area contributed by atoms with Gasteiger partial charge in [0.25, 0.3) is 0 Å². The fourth-order valence-corrected chi connectivity index (χ4v) is 3.91. The third-order valence-electron chi connectivity index (χ3n) is 3.53. The van der Waals surface area contributed by atoms with Crippen LogP contribution in [0.25, 0.3) is 0 Å². The molecule has 0 bridgehead atoms. The molecule has 1 aromatic rings. The monoisotopic (exact) mass is 318 g/mol. The zero-order chi connectivity index (χ0) is 14.8. The average Bonchev–Trinajstić information content (AvgIpc) is 2.43. The van der Waals surface area contributed by atoms with Gasteiger partial charge in [-0.1, -0.05) is 17.7 Å². The molecule has 0 radical (unpaired) electrons. The zero-order valence-corrected chi connectivity index (χ0v) is 13.0. The van der Waals surface area contributed by atoms with Gasteiger partial charge in [0.05, 0.1) is 11.5 Å². The van der Waals surface area contributed by atoms with Crippen LogP contribution in [0.5, 0.6) is 0 Å². The third kappa shape index (κ3) is 3.32. The Bertz CT molecular complexity index is 569. The summed E-state index contributed by atoms with van der Waals surface area (Å²) in [6, 6.07) is 4.82. The molecule has 0 atom stereocenters. The average molecular weight is 319 g/mol. The van der Waals surface area contributed by atoms with Crippen LogP contribution in [0.3, 0.4) is 0 Å². The maximum atomic E-state index is 12.5. The Morgan fingerprint density at radius 2 is 1.90 bits per heavy atom. The molecule has 0 aromatic heterocycles. The molecule has 1 aliphatic heterocycles. The van der Waals surface area contributed by atoms with Crippen molar-refractivity contribution in [3.8, 4) is 0 Å². The topological polar surface area (TPSA) is 60.9 Å². The van der Waals surface area contributed by atoms with E-state index in [-0.39, 0.29) is 11.5 Å². The van der Waals surface area contributed by atoms with Crippen LogP contribution in [0.4, 0.5) is 0 Å². The first kappa shape index (κ1) is 15.7. The minimum Gasteiger partial charge on any atom is -0.395 e. The number of sulfonamides is 1. The largest absolute Gasteiger partial charge is 0.395 e. The van der Waals surface area contributed by atoms with Gasteiger partial charge >= 0.3 is 0 Å². The fourth-order valence-electron chi connectivity index (χ4n) is 2.22. The third-order valence-corrected chi connectivity index (χ3v) is 5.83. The summed E-state index contributed by atoms with van der Waals surface area (Å²) in [5, 5.41) is 9.35. The number of hydrogen-bond acceptors (Lipinski definition) is 4. The first-order chi connectivity index (χ1) is 9.45. The van der Waals surface area contributed by atoms with Gasteiger partial charge in [-0.3, -0.25) is 4.90 Å². The summed E-state index contributed by atoms with van der Waals surface area (Å²) in [5.41, 5.74) is 0.860. The molecule has 7 heteroatoms. The Morgan fingerprint density at radius 1 is 1.25 bits per heavy atom. The Kier molecular flexibility index (Phi) is 5.04. The van der Waals surface area contributed by atoms with E-state index in [1.807, 2.05) is 11.8 Å². The number of aliphatic hydroxyl groups is 1. The lowest BCUT2D eigenvalue weighted by atomic mass is 10.2. The number of rotatable bonds is 4. The molecule has 112 valence electrons. The van der Waals surface area contributed by atoms with Crippen molar-refractivity contribution in [3.63, 3.8) is 0 Å². The summed E-state index contributed by atoms with van der Waals surface area (Å²) in [6.07, 6.45) is 0. The summed E-state index contributed by atoms with van der Waals surface area (Å²) in [5.74, 6) is 0. The molecule has 0 saturated carbocycles. The van der Waals surface area contributed by atoms with Crippen molar-refractivity contribution >= 4 is 21.6 Å². The lowest BCUT2D eigenvalue weighted by molar-refractivity contribution is 0.151. The van der Waals surface area contributed by atoms with Crippen molar-refractivity contribution in [1.82, 2.24) is 9.21 Å². The van der Waals surface area contributed by atoms with Crippen LogP contribution in [-0.2, 0) is 10.0 Å². The lowest BCUT2D eigenvalue weighted by Crippen LogP contribution is -2.49. The quantitative estimate of drug-likeness (QED) is 0.898. The van der Waals surface area contributed by atoms with Gasteiger partial charge in [0.1, 0.15) is 0 Å². The van der Waals surface area contributed by atoms with Gasteiger partial charge in [-0.15, -0.1) is 0 Å². The van der Waals surface area contributed by atoms with Crippen LogP contribution in [-0.4, -0.2) is 62.1 Å². The molecule has 1 aliphatic rings. The van der Waals surface area contributed by atoms with Gasteiger partial charge < -0.3 is 5.11 Å². The standard InChI is InChI=1S/C13H19ClN2O3S/c1-11-2-3-12(10-13(11)14)20(18,19)16-6-4-15(5-7-16)8-9-17/h2-3,10,17H,4-9H2,1H3. The predicted octanol–water partition coefficient (Wildman–Crippen LogP) is 0.947. The molecular formula is C13H19ClN2O3S. The second-order valence-corrected chi connectivity index (χ2v) is 7.23. The minimum atomic E-state index is -3.48. The molecule has 0 amide bonds. The summed E-state index contributed by atoms with van der Waals surface area (Å²) in [6.45, 7) is 4.68. The second-order valence-electron chi connectivity index (χ2n) is 4.88. The van der Waals surface area contributed by atoms with Crippen molar-refractivity contribution in [1.29, 1.82) is 0 Å². The molecule has 0 spiro atoms. The summed E-state index contributed by atoms with van der Waals surface area (Å²) in [4.78, 5) is 2.29. The smallest absolute Gasteiger partial charge is 0.243 e. The Labute approximate surface area is 124 Å². The van der Waals surface area contributed by atoms with E-state index >= 15 is 0 Å². The summed E-state index contributed by atoms with van der Waals surface area (Å²) < 4.78 is 26.5. The lowest BCUT2D eigenvalue weighted by Gasteiger charge is -2.33. The highest BCUT2D eigenvalue weighted by atomic mass is 35.5. The normalized spacial score (nSPS) is 18.4. The van der Waals surface area contributed by atoms with E-state index < -0.39 is 10.0 Å². The van der Waals surface area contributed by atoms with E-state index in [4.69, 9.17) is 16.7 Å². The summed E-state index contributed by atoms with van der Waals surface area (Å²) in [7, 11) is -3.48. The van der Waals surface area contributed by atoms with Crippen LogP contribution in [0.2, 0.25) is 5.02 Å². The van der Waals surface area contributed by atoms with Gasteiger partial charge in [0, 0.05) is 37.7 Å². The number of nitrogens with zero attached hydrogens (tertiary/aromatic N) is 2. The van der Waals surface area contributed by atoms with E-state index in [0.29, 0.717) is 37.7 Å². The number of β-amino-alcohol motifs (C(OH)–C–C–N with tert-alkyl or cyclic N) is 1. The molecule has 1 N–H and O–H groups in total. The van der Waals surface area contributed by atoms with Crippen LogP contribution >= 0.6 is 11.6 Å². The molecule has 1 aromatic carbocycles. The number of piperazine rings is 1. The highest BCUT2D eigenvalue weighted by Gasteiger charge is 2.28. The van der Waals surface area contributed by atoms with Gasteiger partial charge in [-0.05, 0) is 24.6 Å². The first-order valence-corrected chi connectivity index (χ1v) is 8.36. The van der Waals surface area contributed by atoms with E-state index in [1.165, 1.54) is 10.4 Å². The van der Waals surface area contributed by atoms with Crippen molar-refractivity contribution in [2.24, 2.45) is 0 Å². The maximum Gasteiger partial charge on any atom is 0.243 e. The molecular weight excluding hydrogens is 300 g/mol. The maximum absolute atomic E-state index is 12.5. The van der Waals surface area contributed by atoms with E-state index in [9.17, 15) is 8.42 Å². The molecule has 20 heavy (non-hydrogen) atoms. The SMILES string of the molecule is Cc1ccc(S(=O)(=O)N2CCN(CCO)CC2)cc1Cl. The molecule has 2 rings (SSSR count). The van der Waals surface area contributed by atoms with E-state index in [0.717, 1.165) is 5.56 Å². The van der Waals surface area contributed by atoms with Crippen LogP contribution in [0, 0.1) is 6.92 Å². The molecule has 1 saturated heterocycles. The Balaban J connectivity index is 2.13. The van der Waals surface area contributed by atoms with Crippen molar-refractivity contribution in [3.05, 3.63) is 28.8 Å². The molecule has 0 aliphatic carbocycles. The van der Waals surface area contributed by atoms with Gasteiger partial charge in [-0.2, -0.15) is 4.31 Å². The Hall–Kier alpha value is -0.660. The molecule has 1 heterocycles. The summed E-state index contributed by atoms with van der Waals surface area (Å²) >= 11 is 6.00. The van der Waals surface area contributed by atoms with E-state index in [1.54, 1.807) is 12.1 Å². The number of aliphatic hydroxyl groups excluding tert-OH is 1. The molecule has 1 fully saturated rings. The number of benzene rings is 1. The van der Waals surface area contributed by atoms with Gasteiger partial charge in [-0.25, -0.2) is 8.42 Å². The molecule has 0 unspecified atom stereocenters. The number of aryl methyl sites for hydroxylation is 1. The fraction of sp³-hybridized carbons (Fsp3) is 0.538. The van der Waals surface area contributed by atoms with Gasteiger partial charge in [0.15, 0.2) is 0 Å².